The third-order valence-electron chi connectivity index (χ3n) is 4.68. The summed E-state index contributed by atoms with van der Waals surface area (Å²) in [7, 11) is 0. The highest BCUT2D eigenvalue weighted by Gasteiger charge is 2.30. The van der Waals surface area contributed by atoms with E-state index < -0.39 is 17.6 Å². The first-order chi connectivity index (χ1) is 14.5. The smallest absolute Gasteiger partial charge is 0.304 e. The quantitative estimate of drug-likeness (QED) is 0.563. The normalized spacial score (nSPS) is 11.8. The number of Topliss-reactive ketones (excluding diaryl/α,β-unsaturated/α-hetero) is 1. The number of carbonyl (C=O) groups is 2. The molecule has 0 spiro atoms. The number of halogens is 2. The first kappa shape index (κ1) is 22.1. The second-order valence-corrected chi connectivity index (χ2v) is 7.67. The summed E-state index contributed by atoms with van der Waals surface area (Å²) >= 11 is 0. The van der Waals surface area contributed by atoms with E-state index in [2.05, 4.69) is 14.8 Å². The van der Waals surface area contributed by atoms with Gasteiger partial charge in [-0.3, -0.25) is 9.59 Å². The van der Waals surface area contributed by atoms with Gasteiger partial charge in [-0.2, -0.15) is 13.9 Å². The molecule has 164 valence electrons. The Morgan fingerprint density at radius 1 is 1.19 bits per heavy atom. The van der Waals surface area contributed by atoms with E-state index >= 15 is 0 Å². The molecule has 0 radical (unpaired) electrons. The fourth-order valence-electron chi connectivity index (χ4n) is 3.16. The van der Waals surface area contributed by atoms with Crippen molar-refractivity contribution in [2.75, 3.05) is 5.73 Å². The Hall–Kier alpha value is -3.56. The highest BCUT2D eigenvalue weighted by molar-refractivity contribution is 6.03. The van der Waals surface area contributed by atoms with Gasteiger partial charge < -0.3 is 16.0 Å². The first-order valence-corrected chi connectivity index (χ1v) is 9.60. The summed E-state index contributed by atoms with van der Waals surface area (Å²) in [6, 6.07) is 7.89. The molecule has 0 aliphatic carbocycles. The van der Waals surface area contributed by atoms with Gasteiger partial charge in [-0.1, -0.05) is 29.4 Å². The molecule has 4 N–H and O–H groups in total. The van der Waals surface area contributed by atoms with Gasteiger partial charge in [-0.05, 0) is 19.4 Å². The Morgan fingerprint density at radius 2 is 1.84 bits per heavy atom. The molecule has 0 saturated carbocycles. The van der Waals surface area contributed by atoms with E-state index in [0.29, 0.717) is 23.7 Å². The molecule has 0 aliphatic rings. The van der Waals surface area contributed by atoms with E-state index in [1.807, 2.05) is 13.8 Å². The van der Waals surface area contributed by atoms with Crippen molar-refractivity contribution in [2.24, 2.45) is 5.73 Å². The standard InChI is InChI=1S/C21H23F2N5O3/c1-11(2)28-19(24)17(20(25)30)18(26-28)13-6-4-12(5-7-13)8-15(29)9-14-10-16(31-27-14)21(3,22)23/h4-7,10-11H,8-9,24H2,1-3H3,(H2,25,30). The molecule has 0 saturated heterocycles. The van der Waals surface area contributed by atoms with Crippen LogP contribution >= 0.6 is 0 Å². The van der Waals surface area contributed by atoms with Gasteiger partial charge in [0.25, 0.3) is 5.91 Å². The van der Waals surface area contributed by atoms with Crippen LogP contribution < -0.4 is 11.5 Å². The number of ketones is 1. The number of anilines is 1. The lowest BCUT2D eigenvalue weighted by Crippen LogP contribution is -2.15. The van der Waals surface area contributed by atoms with Crippen molar-refractivity contribution in [3.05, 3.63) is 52.9 Å². The molecule has 0 unspecified atom stereocenters. The average Bonchev–Trinajstić information content (AvgIpc) is 3.26. The van der Waals surface area contributed by atoms with Gasteiger partial charge in [-0.25, -0.2) is 4.68 Å². The van der Waals surface area contributed by atoms with Gasteiger partial charge >= 0.3 is 5.92 Å². The number of carbonyl (C=O) groups excluding carboxylic acids is 2. The van der Waals surface area contributed by atoms with Gasteiger partial charge in [0.2, 0.25) is 5.76 Å². The Labute approximate surface area is 177 Å². The number of hydrogen-bond acceptors (Lipinski definition) is 6. The van der Waals surface area contributed by atoms with Crippen LogP contribution in [0.5, 0.6) is 0 Å². The maximum Gasteiger partial charge on any atom is 0.304 e. The molecule has 10 heteroatoms. The molecule has 3 aromatic rings. The molecule has 1 aromatic carbocycles. The van der Waals surface area contributed by atoms with Crippen molar-refractivity contribution in [2.45, 2.75) is 45.6 Å². The molecule has 8 nitrogen and oxygen atoms in total. The van der Waals surface area contributed by atoms with Crippen molar-refractivity contribution < 1.29 is 22.9 Å². The lowest BCUT2D eigenvalue weighted by atomic mass is 10.0. The summed E-state index contributed by atoms with van der Waals surface area (Å²) in [5, 5.41) is 7.94. The monoisotopic (exact) mass is 431 g/mol. The van der Waals surface area contributed by atoms with Crippen molar-refractivity contribution in [1.29, 1.82) is 0 Å². The number of nitrogen functional groups attached to an aromatic ring is 1. The van der Waals surface area contributed by atoms with Crippen molar-refractivity contribution in [3.63, 3.8) is 0 Å². The number of nitrogens with two attached hydrogens (primary N) is 2. The van der Waals surface area contributed by atoms with Crippen LogP contribution in [-0.4, -0.2) is 26.6 Å². The van der Waals surface area contributed by atoms with Crippen LogP contribution in [0, 0.1) is 0 Å². The van der Waals surface area contributed by atoms with Crippen LogP contribution in [0.15, 0.2) is 34.9 Å². The minimum atomic E-state index is -3.15. The number of aromatic nitrogens is 3. The van der Waals surface area contributed by atoms with E-state index in [0.717, 1.165) is 6.07 Å². The molecular formula is C21H23F2N5O3. The van der Waals surface area contributed by atoms with Gasteiger partial charge in [0.15, 0.2) is 0 Å². The number of primary amides is 1. The minimum Gasteiger partial charge on any atom is -0.383 e. The van der Waals surface area contributed by atoms with Crippen LogP contribution in [0.1, 0.15) is 54.2 Å². The Bertz CT molecular complexity index is 1110. The van der Waals surface area contributed by atoms with Gasteiger partial charge in [0.1, 0.15) is 22.9 Å². The minimum absolute atomic E-state index is 0.0616. The summed E-state index contributed by atoms with van der Waals surface area (Å²) in [6.45, 7) is 4.46. The van der Waals surface area contributed by atoms with Crippen molar-refractivity contribution in [3.8, 4) is 11.3 Å². The molecular weight excluding hydrogens is 408 g/mol. The van der Waals surface area contributed by atoms with E-state index in [1.54, 1.807) is 24.3 Å². The zero-order valence-corrected chi connectivity index (χ0v) is 17.4. The highest BCUT2D eigenvalue weighted by Crippen LogP contribution is 2.30. The molecule has 0 fully saturated rings. The van der Waals surface area contributed by atoms with Crippen LogP contribution in [-0.2, 0) is 23.6 Å². The molecule has 2 heterocycles. The van der Waals surface area contributed by atoms with Crippen LogP contribution in [0.2, 0.25) is 0 Å². The predicted molar refractivity (Wildman–Crippen MR) is 109 cm³/mol. The van der Waals surface area contributed by atoms with E-state index in [4.69, 9.17) is 11.5 Å². The lowest BCUT2D eigenvalue weighted by Gasteiger charge is -2.06. The number of alkyl halides is 2. The lowest BCUT2D eigenvalue weighted by molar-refractivity contribution is -0.117. The third-order valence-corrected chi connectivity index (χ3v) is 4.68. The van der Waals surface area contributed by atoms with Crippen molar-refractivity contribution >= 4 is 17.5 Å². The van der Waals surface area contributed by atoms with Crippen molar-refractivity contribution in [1.82, 2.24) is 14.9 Å². The van der Waals surface area contributed by atoms with Crippen LogP contribution in [0.25, 0.3) is 11.3 Å². The van der Waals surface area contributed by atoms with Gasteiger partial charge in [0, 0.05) is 31.0 Å². The van der Waals surface area contributed by atoms with E-state index in [9.17, 15) is 18.4 Å². The number of rotatable bonds is 8. The number of hydrogen-bond donors (Lipinski definition) is 2. The fraction of sp³-hybridized carbons (Fsp3) is 0.333. The van der Waals surface area contributed by atoms with Gasteiger partial charge in [0.05, 0.1) is 12.1 Å². The zero-order valence-electron chi connectivity index (χ0n) is 17.4. The molecule has 31 heavy (non-hydrogen) atoms. The molecule has 0 atom stereocenters. The second kappa shape index (κ2) is 8.29. The summed E-state index contributed by atoms with van der Waals surface area (Å²) in [6.07, 6.45) is -0.0429. The molecule has 1 amide bonds. The molecule has 0 aliphatic heterocycles. The van der Waals surface area contributed by atoms with E-state index in [1.165, 1.54) is 4.68 Å². The molecule has 0 bridgehead atoms. The van der Waals surface area contributed by atoms with E-state index in [-0.39, 0.29) is 41.7 Å². The topological polar surface area (TPSA) is 130 Å². The molecule has 2 aromatic heterocycles. The maximum absolute atomic E-state index is 13.2. The third kappa shape index (κ3) is 4.79. The second-order valence-electron chi connectivity index (χ2n) is 7.67. The number of benzene rings is 1. The average molecular weight is 431 g/mol. The Morgan fingerprint density at radius 3 is 2.35 bits per heavy atom. The SMILES string of the molecule is CC(C)n1nc(-c2ccc(CC(=O)Cc3cc(C(C)(F)F)on3)cc2)c(C(N)=O)c1N. The maximum atomic E-state index is 13.2. The summed E-state index contributed by atoms with van der Waals surface area (Å²) < 4.78 is 32.6. The summed E-state index contributed by atoms with van der Waals surface area (Å²) in [5.41, 5.74) is 13.5. The Kier molecular flexibility index (Phi) is 5.92. The van der Waals surface area contributed by atoms with Crippen LogP contribution in [0.3, 0.4) is 0 Å². The highest BCUT2D eigenvalue weighted by atomic mass is 19.3. The zero-order chi connectivity index (χ0) is 22.9. The fourth-order valence-corrected chi connectivity index (χ4v) is 3.16. The van der Waals surface area contributed by atoms with Crippen LogP contribution in [0.4, 0.5) is 14.6 Å². The molecule has 3 rings (SSSR count). The number of nitrogens with zero attached hydrogens (tertiary/aromatic N) is 3. The first-order valence-electron chi connectivity index (χ1n) is 9.60. The Balaban J connectivity index is 1.75. The van der Waals surface area contributed by atoms with Gasteiger partial charge in [-0.15, -0.1) is 0 Å². The number of amides is 1. The predicted octanol–water partition coefficient (Wildman–Crippen LogP) is 3.27. The largest absolute Gasteiger partial charge is 0.383 e. The summed E-state index contributed by atoms with van der Waals surface area (Å²) in [4.78, 5) is 24.2. The summed E-state index contributed by atoms with van der Waals surface area (Å²) in [5.74, 6) is -4.42.